The number of anilines is 1. The van der Waals surface area contributed by atoms with Gasteiger partial charge in [-0.15, -0.1) is 0 Å². The summed E-state index contributed by atoms with van der Waals surface area (Å²) >= 11 is 0. The second-order valence-electron chi connectivity index (χ2n) is 11.1. The van der Waals surface area contributed by atoms with Gasteiger partial charge in [0.1, 0.15) is 11.6 Å². The van der Waals surface area contributed by atoms with Crippen molar-refractivity contribution in [3.63, 3.8) is 0 Å². The molecule has 0 aliphatic rings. The number of hydrogen-bond acceptors (Lipinski definition) is 4. The molecule has 0 aromatic heterocycles. The number of benzene rings is 3. The standard InChI is InChI=1S/C33H41N3O4/c1-23-12-15-26(16-13-23)19-21-36(28-17-14-24(2)25(3)22-28)31(38)30(27-10-8-7-9-11-27)35-29(37)18-20-34-32(39)40-33(4,5)6/h7-17,22,30H,18-21H2,1-6H3,(H,34,39)(H,35,37)/t30-/m0/s1. The van der Waals surface area contributed by atoms with Gasteiger partial charge in [0.2, 0.25) is 5.91 Å². The number of aryl methyl sites for hydroxylation is 3. The van der Waals surface area contributed by atoms with Gasteiger partial charge in [-0.25, -0.2) is 4.79 Å². The van der Waals surface area contributed by atoms with Crippen molar-refractivity contribution in [3.8, 4) is 0 Å². The molecule has 0 radical (unpaired) electrons. The Hall–Kier alpha value is -4.13. The molecule has 7 nitrogen and oxygen atoms in total. The third kappa shape index (κ3) is 9.26. The minimum atomic E-state index is -0.894. The van der Waals surface area contributed by atoms with Gasteiger partial charge in [0, 0.05) is 25.2 Å². The second-order valence-corrected chi connectivity index (χ2v) is 11.1. The van der Waals surface area contributed by atoms with E-state index >= 15 is 0 Å². The van der Waals surface area contributed by atoms with Crippen molar-refractivity contribution < 1.29 is 19.1 Å². The van der Waals surface area contributed by atoms with Crippen molar-refractivity contribution in [1.29, 1.82) is 0 Å². The van der Waals surface area contributed by atoms with Crippen molar-refractivity contribution in [1.82, 2.24) is 10.6 Å². The van der Waals surface area contributed by atoms with Gasteiger partial charge in [0.25, 0.3) is 5.91 Å². The first-order valence-electron chi connectivity index (χ1n) is 13.7. The van der Waals surface area contributed by atoms with Crippen LogP contribution in [0.4, 0.5) is 10.5 Å². The van der Waals surface area contributed by atoms with Gasteiger partial charge in [-0.1, -0.05) is 66.2 Å². The summed E-state index contributed by atoms with van der Waals surface area (Å²) in [5.41, 5.74) is 5.36. The Labute approximate surface area is 237 Å². The SMILES string of the molecule is Cc1ccc(CCN(C(=O)[C@@H](NC(=O)CCNC(=O)OC(C)(C)C)c2ccccc2)c2ccc(C)c(C)c2)cc1. The molecule has 3 rings (SSSR count). The molecule has 212 valence electrons. The normalized spacial score (nSPS) is 11.8. The van der Waals surface area contributed by atoms with E-state index in [1.165, 1.54) is 5.56 Å². The number of hydrogen-bond donors (Lipinski definition) is 2. The highest BCUT2D eigenvalue weighted by molar-refractivity contribution is 6.00. The van der Waals surface area contributed by atoms with Crippen molar-refractivity contribution in [3.05, 3.63) is 101 Å². The minimum absolute atomic E-state index is 0.00284. The van der Waals surface area contributed by atoms with E-state index in [0.29, 0.717) is 18.5 Å². The number of rotatable bonds is 10. The molecule has 3 aromatic rings. The third-order valence-corrected chi connectivity index (χ3v) is 6.52. The highest BCUT2D eigenvalue weighted by Crippen LogP contribution is 2.25. The molecule has 0 aliphatic carbocycles. The number of amides is 3. The molecule has 2 N–H and O–H groups in total. The summed E-state index contributed by atoms with van der Waals surface area (Å²) in [6.07, 6.45) is 0.0740. The second kappa shape index (κ2) is 13.8. The molecule has 0 heterocycles. The lowest BCUT2D eigenvalue weighted by Crippen LogP contribution is -2.44. The quantitative estimate of drug-likeness (QED) is 0.330. The topological polar surface area (TPSA) is 87.7 Å². The number of nitrogens with one attached hydrogen (secondary N) is 2. The first-order chi connectivity index (χ1) is 18.9. The molecule has 0 saturated heterocycles. The molecular weight excluding hydrogens is 502 g/mol. The number of alkyl carbamates (subject to hydrolysis) is 1. The van der Waals surface area contributed by atoms with Crippen LogP contribution in [0.25, 0.3) is 0 Å². The zero-order valence-electron chi connectivity index (χ0n) is 24.4. The summed E-state index contributed by atoms with van der Waals surface area (Å²) in [5.74, 6) is -0.577. The molecule has 7 heteroatoms. The maximum absolute atomic E-state index is 14.2. The third-order valence-electron chi connectivity index (χ3n) is 6.52. The van der Waals surface area contributed by atoms with Crippen molar-refractivity contribution in [2.45, 2.75) is 66.0 Å². The van der Waals surface area contributed by atoms with Crippen LogP contribution in [0.5, 0.6) is 0 Å². The Bertz CT molecular complexity index is 1300. The monoisotopic (exact) mass is 543 g/mol. The van der Waals surface area contributed by atoms with E-state index in [-0.39, 0.29) is 24.8 Å². The molecule has 0 saturated carbocycles. The number of carbonyl (C=O) groups is 3. The molecule has 0 bridgehead atoms. The van der Waals surface area contributed by atoms with Crippen molar-refractivity contribution in [2.24, 2.45) is 0 Å². The van der Waals surface area contributed by atoms with E-state index in [4.69, 9.17) is 4.74 Å². The molecule has 3 amide bonds. The minimum Gasteiger partial charge on any atom is -0.444 e. The van der Waals surface area contributed by atoms with E-state index in [0.717, 1.165) is 22.4 Å². The Morgan fingerprint density at radius 2 is 1.55 bits per heavy atom. The van der Waals surface area contributed by atoms with Crippen LogP contribution in [-0.2, 0) is 20.7 Å². The molecule has 40 heavy (non-hydrogen) atoms. The average Bonchev–Trinajstić information content (AvgIpc) is 2.89. The Morgan fingerprint density at radius 1 is 0.875 bits per heavy atom. The molecule has 1 atom stereocenters. The molecule has 0 unspecified atom stereocenters. The largest absolute Gasteiger partial charge is 0.444 e. The lowest BCUT2D eigenvalue weighted by atomic mass is 10.0. The van der Waals surface area contributed by atoms with E-state index in [9.17, 15) is 14.4 Å². The maximum atomic E-state index is 14.2. The summed E-state index contributed by atoms with van der Waals surface area (Å²) in [6.45, 7) is 12.0. The fourth-order valence-corrected chi connectivity index (χ4v) is 4.17. The summed E-state index contributed by atoms with van der Waals surface area (Å²) in [4.78, 5) is 40.9. The fourth-order valence-electron chi connectivity index (χ4n) is 4.17. The van der Waals surface area contributed by atoms with Gasteiger partial charge >= 0.3 is 6.09 Å². The van der Waals surface area contributed by atoms with Crippen LogP contribution >= 0.6 is 0 Å². The smallest absolute Gasteiger partial charge is 0.407 e. The van der Waals surface area contributed by atoms with E-state index in [1.54, 1.807) is 25.7 Å². The van der Waals surface area contributed by atoms with E-state index in [1.807, 2.05) is 69.3 Å². The van der Waals surface area contributed by atoms with Crippen LogP contribution in [0, 0.1) is 20.8 Å². The van der Waals surface area contributed by atoms with Crippen LogP contribution in [-0.4, -0.2) is 36.6 Å². The van der Waals surface area contributed by atoms with Crippen LogP contribution in [0.2, 0.25) is 0 Å². The summed E-state index contributed by atoms with van der Waals surface area (Å²) in [6, 6.07) is 22.6. The van der Waals surface area contributed by atoms with Gasteiger partial charge in [0.15, 0.2) is 0 Å². The van der Waals surface area contributed by atoms with E-state index in [2.05, 4.69) is 34.9 Å². The van der Waals surface area contributed by atoms with Crippen molar-refractivity contribution in [2.75, 3.05) is 18.0 Å². The lowest BCUT2D eigenvalue weighted by Gasteiger charge is -2.29. The van der Waals surface area contributed by atoms with Crippen molar-refractivity contribution >= 4 is 23.6 Å². The zero-order chi connectivity index (χ0) is 29.3. The summed E-state index contributed by atoms with van der Waals surface area (Å²) < 4.78 is 5.23. The van der Waals surface area contributed by atoms with Crippen LogP contribution in [0.3, 0.4) is 0 Å². The van der Waals surface area contributed by atoms with Crippen LogP contribution in [0.15, 0.2) is 72.8 Å². The molecule has 0 spiro atoms. The molecule has 0 fully saturated rings. The first-order valence-corrected chi connectivity index (χ1v) is 13.7. The maximum Gasteiger partial charge on any atom is 0.407 e. The number of carbonyl (C=O) groups excluding carboxylic acids is 3. The average molecular weight is 544 g/mol. The Morgan fingerprint density at radius 3 is 2.17 bits per heavy atom. The number of ether oxygens (including phenoxy) is 1. The van der Waals surface area contributed by atoms with Gasteiger partial charge in [0.05, 0.1) is 0 Å². The zero-order valence-corrected chi connectivity index (χ0v) is 24.4. The van der Waals surface area contributed by atoms with Gasteiger partial charge in [-0.05, 0) is 82.3 Å². The van der Waals surface area contributed by atoms with Crippen LogP contribution < -0.4 is 15.5 Å². The highest BCUT2D eigenvalue weighted by Gasteiger charge is 2.29. The van der Waals surface area contributed by atoms with Gasteiger partial charge in [-0.2, -0.15) is 0 Å². The summed E-state index contributed by atoms with van der Waals surface area (Å²) in [5, 5.41) is 5.51. The highest BCUT2D eigenvalue weighted by atomic mass is 16.6. The van der Waals surface area contributed by atoms with Crippen LogP contribution in [0.1, 0.15) is 61.1 Å². The Kier molecular flexibility index (Phi) is 10.5. The van der Waals surface area contributed by atoms with Gasteiger partial charge < -0.3 is 20.3 Å². The molecule has 0 aliphatic heterocycles. The number of nitrogens with zero attached hydrogens (tertiary/aromatic N) is 1. The summed E-state index contributed by atoms with van der Waals surface area (Å²) in [7, 11) is 0. The van der Waals surface area contributed by atoms with E-state index < -0.39 is 17.7 Å². The lowest BCUT2D eigenvalue weighted by molar-refractivity contribution is -0.127. The fraction of sp³-hybridized carbons (Fsp3) is 0.364. The predicted octanol–water partition coefficient (Wildman–Crippen LogP) is 5.96. The first kappa shape index (κ1) is 30.4. The molecule has 3 aromatic carbocycles. The predicted molar refractivity (Wildman–Crippen MR) is 159 cm³/mol. The molecular formula is C33H41N3O4. The van der Waals surface area contributed by atoms with Gasteiger partial charge in [-0.3, -0.25) is 9.59 Å². The Balaban J connectivity index is 1.82.